The quantitative estimate of drug-likeness (QED) is 0.190. The second-order valence-corrected chi connectivity index (χ2v) is 11.6. The van der Waals surface area contributed by atoms with E-state index < -0.39 is 0 Å². The Morgan fingerprint density at radius 2 is 0.829 bits per heavy atom. The lowest BCUT2D eigenvalue weighted by Crippen LogP contribution is -2.26. The summed E-state index contributed by atoms with van der Waals surface area (Å²) in [4.78, 5) is 0. The molecular formula is C41H24. The molecule has 2 aliphatic carbocycles. The molecule has 0 heterocycles. The molecule has 0 saturated heterocycles. The molecule has 0 fully saturated rings. The van der Waals surface area contributed by atoms with Crippen LogP contribution in [0.5, 0.6) is 0 Å². The zero-order valence-corrected chi connectivity index (χ0v) is 22.4. The van der Waals surface area contributed by atoms with Crippen molar-refractivity contribution in [3.05, 3.63) is 168 Å². The van der Waals surface area contributed by atoms with Gasteiger partial charge in [0, 0.05) is 0 Å². The Hall–Kier alpha value is -5.20. The average Bonchev–Trinajstić information content (AvgIpc) is 3.51. The summed E-state index contributed by atoms with van der Waals surface area (Å²) in [6.45, 7) is 0. The van der Waals surface area contributed by atoms with E-state index in [0.29, 0.717) is 0 Å². The maximum atomic E-state index is 2.45. The van der Waals surface area contributed by atoms with Gasteiger partial charge >= 0.3 is 0 Å². The summed E-state index contributed by atoms with van der Waals surface area (Å²) >= 11 is 0. The van der Waals surface area contributed by atoms with Crippen LogP contribution >= 0.6 is 0 Å². The van der Waals surface area contributed by atoms with E-state index in [2.05, 4.69) is 146 Å². The van der Waals surface area contributed by atoms with Crippen LogP contribution in [-0.2, 0) is 5.41 Å². The van der Waals surface area contributed by atoms with Gasteiger partial charge in [0.05, 0.1) is 5.41 Å². The van der Waals surface area contributed by atoms with Crippen molar-refractivity contribution in [2.24, 2.45) is 0 Å². The Labute approximate surface area is 238 Å². The molecule has 0 nitrogen and oxygen atoms in total. The third kappa shape index (κ3) is 2.48. The largest absolute Gasteiger partial charge is 0.0725 e. The molecule has 0 heteroatoms. The Balaban J connectivity index is 1.36. The van der Waals surface area contributed by atoms with Crippen molar-refractivity contribution in [1.29, 1.82) is 0 Å². The average molecular weight is 517 g/mol. The normalized spacial score (nSPS) is 14.0. The Bertz CT molecular complexity index is 2340. The molecule has 188 valence electrons. The van der Waals surface area contributed by atoms with Gasteiger partial charge in [-0.05, 0) is 93.7 Å². The van der Waals surface area contributed by atoms with Gasteiger partial charge in [0.15, 0.2) is 0 Å². The van der Waals surface area contributed by atoms with Gasteiger partial charge in [0.25, 0.3) is 0 Å². The molecule has 0 aromatic heterocycles. The number of hydrogen-bond donors (Lipinski definition) is 0. The van der Waals surface area contributed by atoms with E-state index in [1.165, 1.54) is 87.6 Å². The van der Waals surface area contributed by atoms with Crippen molar-refractivity contribution in [3.8, 4) is 22.3 Å². The zero-order chi connectivity index (χ0) is 26.7. The van der Waals surface area contributed by atoms with Crippen molar-refractivity contribution >= 4 is 43.1 Å². The second kappa shape index (κ2) is 7.50. The molecule has 0 amide bonds. The highest BCUT2D eigenvalue weighted by Gasteiger charge is 2.50. The molecular weight excluding hydrogens is 492 g/mol. The van der Waals surface area contributed by atoms with Gasteiger partial charge in [0.1, 0.15) is 0 Å². The van der Waals surface area contributed by atoms with Crippen LogP contribution in [0, 0.1) is 0 Å². The van der Waals surface area contributed by atoms with Crippen LogP contribution in [0.2, 0.25) is 0 Å². The second-order valence-electron chi connectivity index (χ2n) is 11.6. The smallest absolute Gasteiger partial charge is 0.0619 e. The molecule has 41 heavy (non-hydrogen) atoms. The van der Waals surface area contributed by atoms with E-state index >= 15 is 0 Å². The summed E-state index contributed by atoms with van der Waals surface area (Å²) in [7, 11) is 0. The molecule has 8 aromatic carbocycles. The summed E-state index contributed by atoms with van der Waals surface area (Å²) in [5.41, 5.74) is 10.5. The minimum Gasteiger partial charge on any atom is -0.0619 e. The van der Waals surface area contributed by atoms with Crippen LogP contribution in [-0.4, -0.2) is 0 Å². The van der Waals surface area contributed by atoms with E-state index in [1.54, 1.807) is 0 Å². The van der Waals surface area contributed by atoms with Crippen LogP contribution in [0.3, 0.4) is 0 Å². The maximum absolute atomic E-state index is 2.45. The monoisotopic (exact) mass is 516 g/mol. The summed E-state index contributed by atoms with van der Waals surface area (Å²) in [5, 5.41) is 10.8. The van der Waals surface area contributed by atoms with Gasteiger partial charge in [-0.15, -0.1) is 0 Å². The van der Waals surface area contributed by atoms with Crippen molar-refractivity contribution in [2.75, 3.05) is 0 Å². The van der Waals surface area contributed by atoms with E-state index in [-0.39, 0.29) is 5.41 Å². The van der Waals surface area contributed by atoms with E-state index in [4.69, 9.17) is 0 Å². The summed E-state index contributed by atoms with van der Waals surface area (Å²) < 4.78 is 0. The summed E-state index contributed by atoms with van der Waals surface area (Å²) in [5.74, 6) is 0. The van der Waals surface area contributed by atoms with Crippen LogP contribution in [0.25, 0.3) is 65.3 Å². The molecule has 0 unspecified atom stereocenters. The first-order valence-corrected chi connectivity index (χ1v) is 14.5. The molecule has 0 N–H and O–H groups in total. The molecule has 10 rings (SSSR count). The maximum Gasteiger partial charge on any atom is 0.0725 e. The Morgan fingerprint density at radius 1 is 0.317 bits per heavy atom. The molecule has 0 radical (unpaired) electrons. The van der Waals surface area contributed by atoms with E-state index in [0.717, 1.165) is 0 Å². The van der Waals surface area contributed by atoms with E-state index in [1.807, 2.05) is 0 Å². The SMILES string of the molecule is c1ccc2c(c1)-c1cc(-c3cccc4ccccc34)ccc1C21c2cccc3c4ccccc4c4cccc1c4c23. The molecule has 0 saturated carbocycles. The number of benzene rings is 8. The fraction of sp³-hybridized carbons (Fsp3) is 0.0244. The van der Waals surface area contributed by atoms with Gasteiger partial charge in [0.2, 0.25) is 0 Å². The Kier molecular flexibility index (Phi) is 3.95. The summed E-state index contributed by atoms with van der Waals surface area (Å²) in [6.07, 6.45) is 0. The van der Waals surface area contributed by atoms with Gasteiger partial charge in [-0.2, -0.15) is 0 Å². The van der Waals surface area contributed by atoms with Crippen LogP contribution in [0.4, 0.5) is 0 Å². The minimum absolute atomic E-state index is 0.331. The highest BCUT2D eigenvalue weighted by Crippen LogP contribution is 2.63. The van der Waals surface area contributed by atoms with Gasteiger partial charge in [-0.25, -0.2) is 0 Å². The number of fused-ring (bicyclic) bond motifs is 11. The van der Waals surface area contributed by atoms with E-state index in [9.17, 15) is 0 Å². The predicted molar refractivity (Wildman–Crippen MR) is 173 cm³/mol. The fourth-order valence-corrected chi connectivity index (χ4v) is 8.32. The predicted octanol–water partition coefficient (Wildman–Crippen LogP) is 10.6. The molecule has 8 aromatic rings. The van der Waals surface area contributed by atoms with Gasteiger partial charge in [-0.1, -0.05) is 140 Å². The topological polar surface area (TPSA) is 0 Å². The van der Waals surface area contributed by atoms with Crippen LogP contribution in [0.1, 0.15) is 22.3 Å². The number of rotatable bonds is 1. The zero-order valence-electron chi connectivity index (χ0n) is 22.4. The molecule has 2 aliphatic rings. The third-order valence-corrected chi connectivity index (χ3v) is 9.84. The van der Waals surface area contributed by atoms with Crippen LogP contribution in [0.15, 0.2) is 146 Å². The first-order valence-electron chi connectivity index (χ1n) is 14.5. The molecule has 0 aliphatic heterocycles. The van der Waals surface area contributed by atoms with Crippen LogP contribution < -0.4 is 0 Å². The third-order valence-electron chi connectivity index (χ3n) is 9.84. The fourth-order valence-electron chi connectivity index (χ4n) is 8.32. The highest BCUT2D eigenvalue weighted by atomic mass is 14.5. The minimum atomic E-state index is -0.331. The molecule has 0 atom stereocenters. The summed E-state index contributed by atoms with van der Waals surface area (Å²) in [6, 6.07) is 54.6. The standard InChI is InChI=1S/C41H24/c1-2-12-27-25(10-1)11-7-16-28(27)26-22-23-36-34(24-26)31-15-5-6-19-35(31)41(36)37-20-8-17-32-29-13-3-4-14-30(29)33-18-9-21-38(41)40(33)39(32)37/h1-24H. The van der Waals surface area contributed by atoms with Crippen molar-refractivity contribution in [3.63, 3.8) is 0 Å². The molecule has 1 spiro atoms. The first kappa shape index (κ1) is 21.6. The van der Waals surface area contributed by atoms with Crippen molar-refractivity contribution in [1.82, 2.24) is 0 Å². The lowest BCUT2D eigenvalue weighted by molar-refractivity contribution is 0.797. The Morgan fingerprint density at radius 3 is 1.59 bits per heavy atom. The molecule has 0 bridgehead atoms. The lowest BCUT2D eigenvalue weighted by atomic mass is 9.70. The van der Waals surface area contributed by atoms with Gasteiger partial charge < -0.3 is 0 Å². The van der Waals surface area contributed by atoms with Gasteiger partial charge in [-0.3, -0.25) is 0 Å². The van der Waals surface area contributed by atoms with Crippen molar-refractivity contribution in [2.45, 2.75) is 5.41 Å². The number of hydrogen-bond acceptors (Lipinski definition) is 0. The lowest BCUT2D eigenvalue weighted by Gasteiger charge is -2.31. The first-order chi connectivity index (χ1) is 20.4. The highest BCUT2D eigenvalue weighted by molar-refractivity contribution is 6.29. The van der Waals surface area contributed by atoms with Crippen molar-refractivity contribution < 1.29 is 0 Å².